The van der Waals surface area contributed by atoms with Gasteiger partial charge in [0.1, 0.15) is 23.9 Å². The summed E-state index contributed by atoms with van der Waals surface area (Å²) in [5.41, 5.74) is -2.16. The molecule has 0 aliphatic carbocycles. The van der Waals surface area contributed by atoms with Gasteiger partial charge in [-0.2, -0.15) is 0 Å². The molecule has 0 heterocycles. The molecule has 14 heavy (non-hydrogen) atoms. The SMILES string of the molecule is CC(O)[C@@H](O)[C@@](C)(O)[C@H](O)[C@@H](O)C=O. The summed E-state index contributed by atoms with van der Waals surface area (Å²) in [6, 6.07) is 0. The van der Waals surface area contributed by atoms with Crippen molar-refractivity contribution < 1.29 is 30.3 Å². The molecule has 0 aliphatic rings. The van der Waals surface area contributed by atoms with Gasteiger partial charge in [-0.05, 0) is 13.8 Å². The van der Waals surface area contributed by atoms with Crippen LogP contribution >= 0.6 is 0 Å². The van der Waals surface area contributed by atoms with E-state index in [1.54, 1.807) is 0 Å². The van der Waals surface area contributed by atoms with E-state index in [4.69, 9.17) is 10.2 Å². The lowest BCUT2D eigenvalue weighted by atomic mass is 9.87. The van der Waals surface area contributed by atoms with Gasteiger partial charge in [0.05, 0.1) is 6.10 Å². The van der Waals surface area contributed by atoms with E-state index >= 15 is 0 Å². The van der Waals surface area contributed by atoms with Crippen molar-refractivity contribution in [3.8, 4) is 0 Å². The molecule has 0 radical (unpaired) electrons. The third-order valence-electron chi connectivity index (χ3n) is 2.12. The average molecular weight is 208 g/mol. The topological polar surface area (TPSA) is 118 Å². The normalized spacial score (nSPS) is 24.5. The fourth-order valence-corrected chi connectivity index (χ4v) is 1.08. The van der Waals surface area contributed by atoms with Gasteiger partial charge in [-0.3, -0.25) is 0 Å². The maximum atomic E-state index is 10.1. The maximum absolute atomic E-state index is 10.1. The fourth-order valence-electron chi connectivity index (χ4n) is 1.08. The number of hydrogen-bond donors (Lipinski definition) is 5. The van der Waals surface area contributed by atoms with E-state index in [1.807, 2.05) is 0 Å². The van der Waals surface area contributed by atoms with Crippen LogP contribution in [0.15, 0.2) is 0 Å². The molecule has 0 aromatic rings. The summed E-state index contributed by atoms with van der Waals surface area (Å²) in [6.45, 7) is 2.22. The molecule has 0 aromatic carbocycles. The Morgan fingerprint density at radius 1 is 1.14 bits per heavy atom. The maximum Gasteiger partial charge on any atom is 0.151 e. The van der Waals surface area contributed by atoms with Gasteiger partial charge in [-0.15, -0.1) is 0 Å². The summed E-state index contributed by atoms with van der Waals surface area (Å²) in [5, 5.41) is 46.0. The summed E-state index contributed by atoms with van der Waals surface area (Å²) < 4.78 is 0. The summed E-state index contributed by atoms with van der Waals surface area (Å²) in [5.74, 6) is 0. The zero-order valence-electron chi connectivity index (χ0n) is 8.03. The van der Waals surface area contributed by atoms with Crippen molar-refractivity contribution >= 4 is 6.29 Å². The lowest BCUT2D eigenvalue weighted by molar-refractivity contribution is -0.187. The van der Waals surface area contributed by atoms with Gasteiger partial charge in [-0.1, -0.05) is 0 Å². The number of hydrogen-bond acceptors (Lipinski definition) is 6. The van der Waals surface area contributed by atoms with Crippen LogP contribution in [0.25, 0.3) is 0 Å². The van der Waals surface area contributed by atoms with Crippen LogP contribution in [0.1, 0.15) is 13.8 Å². The Morgan fingerprint density at radius 3 is 1.86 bits per heavy atom. The van der Waals surface area contributed by atoms with Crippen LogP contribution in [0.4, 0.5) is 0 Å². The van der Waals surface area contributed by atoms with E-state index in [0.29, 0.717) is 0 Å². The predicted molar refractivity (Wildman–Crippen MR) is 46.4 cm³/mol. The van der Waals surface area contributed by atoms with E-state index in [9.17, 15) is 20.1 Å². The minimum atomic E-state index is -2.16. The van der Waals surface area contributed by atoms with Crippen LogP contribution in [0.3, 0.4) is 0 Å². The molecule has 0 amide bonds. The average Bonchev–Trinajstić information content (AvgIpc) is 2.13. The highest BCUT2D eigenvalue weighted by molar-refractivity contribution is 5.57. The summed E-state index contributed by atoms with van der Waals surface area (Å²) in [7, 11) is 0. The number of carbonyl (C=O) groups is 1. The Balaban J connectivity index is 4.67. The number of aliphatic hydroxyl groups is 5. The van der Waals surface area contributed by atoms with Crippen molar-refractivity contribution in [1.82, 2.24) is 0 Å². The minimum absolute atomic E-state index is 0.0356. The van der Waals surface area contributed by atoms with E-state index in [0.717, 1.165) is 6.92 Å². The van der Waals surface area contributed by atoms with Crippen LogP contribution in [-0.4, -0.2) is 61.8 Å². The Kier molecular flexibility index (Phi) is 4.63. The molecule has 6 nitrogen and oxygen atoms in total. The molecule has 5 atom stereocenters. The lowest BCUT2D eigenvalue weighted by Gasteiger charge is -2.35. The van der Waals surface area contributed by atoms with Gasteiger partial charge in [0.2, 0.25) is 0 Å². The summed E-state index contributed by atoms with van der Waals surface area (Å²) >= 11 is 0. The van der Waals surface area contributed by atoms with E-state index < -0.39 is 30.0 Å². The Bertz CT molecular complexity index is 190. The largest absolute Gasteiger partial charge is 0.391 e. The van der Waals surface area contributed by atoms with Crippen molar-refractivity contribution in [3.63, 3.8) is 0 Å². The third-order valence-corrected chi connectivity index (χ3v) is 2.12. The first kappa shape index (κ1) is 13.5. The first-order chi connectivity index (χ1) is 6.25. The van der Waals surface area contributed by atoms with Crippen molar-refractivity contribution in [2.75, 3.05) is 0 Å². The molecule has 1 unspecified atom stereocenters. The van der Waals surface area contributed by atoms with E-state index in [-0.39, 0.29) is 6.29 Å². The number of aldehydes is 1. The van der Waals surface area contributed by atoms with Crippen LogP contribution in [0, 0.1) is 0 Å². The molecule has 0 fully saturated rings. The monoisotopic (exact) mass is 208 g/mol. The molecule has 0 aliphatic heterocycles. The molecule has 0 rings (SSSR count). The zero-order chi connectivity index (χ0) is 11.5. The van der Waals surface area contributed by atoms with E-state index in [2.05, 4.69) is 0 Å². The zero-order valence-corrected chi connectivity index (χ0v) is 8.03. The first-order valence-electron chi connectivity index (χ1n) is 4.15. The molecule has 84 valence electrons. The smallest absolute Gasteiger partial charge is 0.151 e. The third kappa shape index (κ3) is 2.73. The van der Waals surface area contributed by atoms with Gasteiger partial charge in [-0.25, -0.2) is 0 Å². The Morgan fingerprint density at radius 2 is 1.57 bits per heavy atom. The van der Waals surface area contributed by atoms with Crippen LogP contribution in [-0.2, 0) is 4.79 Å². The number of rotatable bonds is 5. The minimum Gasteiger partial charge on any atom is -0.391 e. The molecular weight excluding hydrogens is 192 g/mol. The molecule has 5 N–H and O–H groups in total. The van der Waals surface area contributed by atoms with Crippen LogP contribution in [0.5, 0.6) is 0 Å². The number of aliphatic hydroxyl groups excluding tert-OH is 4. The number of carbonyl (C=O) groups excluding carboxylic acids is 1. The molecule has 0 aromatic heterocycles. The lowest BCUT2D eigenvalue weighted by Crippen LogP contribution is -2.58. The molecule has 0 saturated carbocycles. The predicted octanol–water partition coefficient (Wildman–Crippen LogP) is -2.60. The molecule has 0 saturated heterocycles. The molecular formula is C8H16O6. The van der Waals surface area contributed by atoms with Gasteiger partial charge >= 0.3 is 0 Å². The highest BCUT2D eigenvalue weighted by Crippen LogP contribution is 2.20. The fraction of sp³-hybridized carbons (Fsp3) is 0.875. The van der Waals surface area contributed by atoms with Crippen molar-refractivity contribution in [1.29, 1.82) is 0 Å². The molecule has 0 spiro atoms. The highest BCUT2D eigenvalue weighted by Gasteiger charge is 2.43. The van der Waals surface area contributed by atoms with Crippen molar-refractivity contribution in [3.05, 3.63) is 0 Å². The Labute approximate surface area is 81.4 Å². The summed E-state index contributed by atoms with van der Waals surface area (Å²) in [4.78, 5) is 10.1. The Hall–Kier alpha value is -0.530. The van der Waals surface area contributed by atoms with Gasteiger partial charge in [0, 0.05) is 0 Å². The second kappa shape index (κ2) is 4.81. The van der Waals surface area contributed by atoms with Crippen molar-refractivity contribution in [2.24, 2.45) is 0 Å². The van der Waals surface area contributed by atoms with Gasteiger partial charge < -0.3 is 30.3 Å². The second-order valence-electron chi connectivity index (χ2n) is 3.48. The molecule has 0 bridgehead atoms. The highest BCUT2D eigenvalue weighted by atomic mass is 16.4. The second-order valence-corrected chi connectivity index (χ2v) is 3.48. The van der Waals surface area contributed by atoms with Gasteiger partial charge in [0.25, 0.3) is 0 Å². The first-order valence-corrected chi connectivity index (χ1v) is 4.15. The van der Waals surface area contributed by atoms with Crippen molar-refractivity contribution in [2.45, 2.75) is 43.9 Å². The van der Waals surface area contributed by atoms with E-state index in [1.165, 1.54) is 6.92 Å². The standard InChI is InChI=1S/C8H16O6/c1-4(10)6(12)8(2,14)7(13)5(11)3-9/h3-7,10-14H,1-2H3/t4?,5-,6+,7+,8+/m0/s1. The van der Waals surface area contributed by atoms with Crippen LogP contribution in [0.2, 0.25) is 0 Å². The molecule has 6 heteroatoms. The summed E-state index contributed by atoms with van der Waals surface area (Å²) in [6.07, 6.45) is -6.58. The quantitative estimate of drug-likeness (QED) is 0.316. The van der Waals surface area contributed by atoms with Crippen LogP contribution < -0.4 is 0 Å². The van der Waals surface area contributed by atoms with Gasteiger partial charge in [0.15, 0.2) is 6.29 Å².